The van der Waals surface area contributed by atoms with Crippen LogP contribution in [0.4, 0.5) is 0 Å². The summed E-state index contributed by atoms with van der Waals surface area (Å²) in [6.45, 7) is 6.52. The summed E-state index contributed by atoms with van der Waals surface area (Å²) in [5.74, 6) is -0.893. The van der Waals surface area contributed by atoms with Crippen LogP contribution in [-0.2, 0) is 28.6 Å². The molecule has 0 rings (SSSR count). The van der Waals surface area contributed by atoms with E-state index in [1.807, 2.05) is 0 Å². The van der Waals surface area contributed by atoms with Crippen molar-refractivity contribution in [2.45, 2.75) is 226 Å². The lowest BCUT2D eigenvalue weighted by Crippen LogP contribution is -2.30. The fraction of sp³-hybridized carbons (Fsp3) is 0.881. The van der Waals surface area contributed by atoms with Crippen LogP contribution in [0.25, 0.3) is 0 Å². The Hall–Kier alpha value is -1.85. The highest BCUT2D eigenvalue weighted by molar-refractivity contribution is 5.71. The third kappa shape index (κ3) is 35.5. The Morgan fingerprint density at radius 2 is 0.688 bits per heavy atom. The van der Waals surface area contributed by atoms with Crippen LogP contribution in [0, 0.1) is 0 Å². The maximum atomic E-state index is 12.6. The quantitative estimate of drug-likeness (QED) is 0.0282. The van der Waals surface area contributed by atoms with Gasteiger partial charge < -0.3 is 14.2 Å². The summed E-state index contributed by atoms with van der Waals surface area (Å²) in [5, 5.41) is 0. The number of hydrogen-bond acceptors (Lipinski definition) is 6. The monoisotopic (exact) mass is 679 g/mol. The molecule has 0 saturated heterocycles. The van der Waals surface area contributed by atoms with E-state index in [0.29, 0.717) is 19.3 Å². The molecule has 6 heteroatoms. The van der Waals surface area contributed by atoms with Gasteiger partial charge in [-0.2, -0.15) is 0 Å². The maximum absolute atomic E-state index is 12.6. The standard InChI is InChI=1S/C42H78O6/c1-4-7-10-13-15-17-19-20-21-22-23-25-26-29-32-35-41(44)47-38-39(37-46-40(43)34-31-28-12-9-6-3)48-42(45)36-33-30-27-24-18-16-14-11-8-5-2/h20-21,39H,4-19,22-38H2,1-3H3/b21-20-. The molecule has 0 aromatic carbocycles. The zero-order valence-electron chi connectivity index (χ0n) is 32.0. The van der Waals surface area contributed by atoms with E-state index in [1.165, 1.54) is 109 Å². The van der Waals surface area contributed by atoms with Gasteiger partial charge in [-0.05, 0) is 44.9 Å². The molecule has 0 radical (unpaired) electrons. The summed E-state index contributed by atoms with van der Waals surface area (Å²) >= 11 is 0. The lowest BCUT2D eigenvalue weighted by atomic mass is 10.1. The molecule has 0 spiro atoms. The number of esters is 3. The smallest absolute Gasteiger partial charge is 0.306 e. The molecular formula is C42H78O6. The van der Waals surface area contributed by atoms with E-state index in [4.69, 9.17) is 14.2 Å². The Morgan fingerprint density at radius 3 is 1.04 bits per heavy atom. The molecule has 0 heterocycles. The van der Waals surface area contributed by atoms with E-state index in [-0.39, 0.29) is 31.1 Å². The van der Waals surface area contributed by atoms with Crippen molar-refractivity contribution < 1.29 is 28.6 Å². The van der Waals surface area contributed by atoms with Crippen molar-refractivity contribution in [2.75, 3.05) is 13.2 Å². The molecular weight excluding hydrogens is 600 g/mol. The number of carbonyl (C=O) groups excluding carboxylic acids is 3. The first-order chi connectivity index (χ1) is 23.5. The molecule has 0 saturated carbocycles. The molecule has 6 nitrogen and oxygen atoms in total. The first-order valence-electron chi connectivity index (χ1n) is 20.7. The van der Waals surface area contributed by atoms with Crippen LogP contribution in [0.2, 0.25) is 0 Å². The van der Waals surface area contributed by atoms with Crippen LogP contribution in [0.3, 0.4) is 0 Å². The van der Waals surface area contributed by atoms with Crippen LogP contribution in [0.5, 0.6) is 0 Å². The third-order valence-electron chi connectivity index (χ3n) is 9.02. The van der Waals surface area contributed by atoms with Gasteiger partial charge in [-0.25, -0.2) is 0 Å². The second-order valence-electron chi connectivity index (χ2n) is 13.9. The minimum Gasteiger partial charge on any atom is -0.462 e. The predicted molar refractivity (Wildman–Crippen MR) is 201 cm³/mol. The van der Waals surface area contributed by atoms with Gasteiger partial charge in [-0.1, -0.05) is 168 Å². The van der Waals surface area contributed by atoms with E-state index in [0.717, 1.165) is 70.6 Å². The molecule has 0 aromatic rings. The number of rotatable bonds is 37. The van der Waals surface area contributed by atoms with Gasteiger partial charge >= 0.3 is 17.9 Å². The van der Waals surface area contributed by atoms with E-state index in [1.54, 1.807) is 0 Å². The summed E-state index contributed by atoms with van der Waals surface area (Å²) in [6.07, 6.45) is 37.9. The van der Waals surface area contributed by atoms with Crippen LogP contribution in [0.15, 0.2) is 12.2 Å². The lowest BCUT2D eigenvalue weighted by Gasteiger charge is -2.18. The summed E-state index contributed by atoms with van der Waals surface area (Å²) in [7, 11) is 0. The molecule has 282 valence electrons. The molecule has 0 aliphatic rings. The molecule has 48 heavy (non-hydrogen) atoms. The lowest BCUT2D eigenvalue weighted by molar-refractivity contribution is -0.167. The number of hydrogen-bond donors (Lipinski definition) is 0. The van der Waals surface area contributed by atoms with E-state index >= 15 is 0 Å². The Labute approximate surface area is 297 Å². The first-order valence-corrected chi connectivity index (χ1v) is 20.7. The molecule has 0 fully saturated rings. The van der Waals surface area contributed by atoms with Gasteiger partial charge in [0.05, 0.1) is 0 Å². The minimum absolute atomic E-state index is 0.0712. The van der Waals surface area contributed by atoms with Crippen molar-refractivity contribution in [3.8, 4) is 0 Å². The zero-order valence-corrected chi connectivity index (χ0v) is 32.0. The fourth-order valence-corrected chi connectivity index (χ4v) is 5.85. The normalized spacial score (nSPS) is 12.0. The van der Waals surface area contributed by atoms with Crippen LogP contribution in [0.1, 0.15) is 220 Å². The summed E-state index contributed by atoms with van der Waals surface area (Å²) in [6, 6.07) is 0. The van der Waals surface area contributed by atoms with E-state index < -0.39 is 6.10 Å². The number of allylic oxidation sites excluding steroid dienone is 2. The van der Waals surface area contributed by atoms with Crippen molar-refractivity contribution in [1.29, 1.82) is 0 Å². The van der Waals surface area contributed by atoms with Crippen LogP contribution >= 0.6 is 0 Å². The van der Waals surface area contributed by atoms with Gasteiger partial charge in [0.2, 0.25) is 0 Å². The predicted octanol–water partition coefficient (Wildman–Crippen LogP) is 12.7. The zero-order chi connectivity index (χ0) is 35.2. The molecule has 0 aliphatic carbocycles. The Balaban J connectivity index is 4.23. The van der Waals surface area contributed by atoms with E-state index in [9.17, 15) is 14.4 Å². The van der Waals surface area contributed by atoms with Gasteiger partial charge in [0.25, 0.3) is 0 Å². The SMILES string of the molecule is CCCCCCCC/C=C\CCCCCCCC(=O)OCC(COC(=O)CCCCCCC)OC(=O)CCCCCCCCCCCC. The highest BCUT2D eigenvalue weighted by Gasteiger charge is 2.19. The average Bonchev–Trinajstić information content (AvgIpc) is 3.08. The van der Waals surface area contributed by atoms with Crippen molar-refractivity contribution in [3.63, 3.8) is 0 Å². The summed E-state index contributed by atoms with van der Waals surface area (Å²) in [4.78, 5) is 37.3. The maximum Gasteiger partial charge on any atom is 0.306 e. The largest absolute Gasteiger partial charge is 0.462 e. The topological polar surface area (TPSA) is 78.9 Å². The van der Waals surface area contributed by atoms with Crippen LogP contribution < -0.4 is 0 Å². The van der Waals surface area contributed by atoms with Crippen molar-refractivity contribution >= 4 is 17.9 Å². The minimum atomic E-state index is -0.761. The second-order valence-corrected chi connectivity index (χ2v) is 13.9. The number of carbonyl (C=O) groups is 3. The highest BCUT2D eigenvalue weighted by atomic mass is 16.6. The summed E-state index contributed by atoms with van der Waals surface area (Å²) in [5.41, 5.74) is 0. The second kappa shape index (κ2) is 38.0. The van der Waals surface area contributed by atoms with Gasteiger partial charge in [-0.15, -0.1) is 0 Å². The highest BCUT2D eigenvalue weighted by Crippen LogP contribution is 2.14. The van der Waals surface area contributed by atoms with Gasteiger partial charge in [0.1, 0.15) is 13.2 Å². The molecule has 0 N–H and O–H groups in total. The van der Waals surface area contributed by atoms with E-state index in [2.05, 4.69) is 32.9 Å². The van der Waals surface area contributed by atoms with Crippen LogP contribution in [-0.4, -0.2) is 37.2 Å². The molecule has 1 unspecified atom stereocenters. The van der Waals surface area contributed by atoms with Crippen molar-refractivity contribution in [1.82, 2.24) is 0 Å². The van der Waals surface area contributed by atoms with Gasteiger partial charge in [-0.3, -0.25) is 14.4 Å². The molecule has 1 atom stereocenters. The third-order valence-corrected chi connectivity index (χ3v) is 9.02. The summed E-state index contributed by atoms with van der Waals surface area (Å²) < 4.78 is 16.5. The molecule has 0 aromatic heterocycles. The molecule has 0 bridgehead atoms. The number of ether oxygens (including phenoxy) is 3. The molecule has 0 amide bonds. The van der Waals surface area contributed by atoms with Gasteiger partial charge in [0.15, 0.2) is 6.10 Å². The number of unbranched alkanes of at least 4 members (excludes halogenated alkanes) is 24. The van der Waals surface area contributed by atoms with Gasteiger partial charge in [0, 0.05) is 19.3 Å². The Kier molecular flexibility index (Phi) is 36.5. The molecule has 0 aliphatic heterocycles. The fourth-order valence-electron chi connectivity index (χ4n) is 5.85. The average molecular weight is 679 g/mol. The first kappa shape index (κ1) is 46.1. The Morgan fingerprint density at radius 1 is 0.396 bits per heavy atom. The van der Waals surface area contributed by atoms with Crippen molar-refractivity contribution in [3.05, 3.63) is 12.2 Å². The Bertz CT molecular complexity index is 748. The van der Waals surface area contributed by atoms with Crippen molar-refractivity contribution in [2.24, 2.45) is 0 Å².